The summed E-state index contributed by atoms with van der Waals surface area (Å²) in [4.78, 5) is 25.0. The summed E-state index contributed by atoms with van der Waals surface area (Å²) in [5.74, 6) is -0.502. The maximum atomic E-state index is 12.7. The van der Waals surface area contributed by atoms with Crippen LogP contribution in [0.25, 0.3) is 11.1 Å². The number of rotatable bonds is 7. The summed E-state index contributed by atoms with van der Waals surface area (Å²) in [6.45, 7) is 1.84. The average molecular weight is 475 g/mol. The van der Waals surface area contributed by atoms with E-state index in [1.807, 2.05) is 78.9 Å². The molecule has 1 aromatic heterocycles. The number of hydrazine groups is 1. The van der Waals surface area contributed by atoms with Gasteiger partial charge in [-0.2, -0.15) is 5.10 Å². The van der Waals surface area contributed by atoms with Crippen LogP contribution in [0.15, 0.2) is 84.9 Å². The van der Waals surface area contributed by atoms with Gasteiger partial charge in [-0.25, -0.2) is 4.68 Å². The Morgan fingerprint density at radius 1 is 0.912 bits per heavy atom. The first-order valence-corrected chi connectivity index (χ1v) is 11.0. The molecule has 34 heavy (non-hydrogen) atoms. The fourth-order valence-electron chi connectivity index (χ4n) is 3.49. The third-order valence-corrected chi connectivity index (χ3v) is 5.50. The van der Waals surface area contributed by atoms with Crippen LogP contribution in [-0.2, 0) is 11.3 Å². The van der Waals surface area contributed by atoms with Crippen LogP contribution in [-0.4, -0.2) is 28.2 Å². The first-order chi connectivity index (χ1) is 16.5. The molecular formula is C26H23ClN4O3. The number of benzene rings is 3. The first-order valence-electron chi connectivity index (χ1n) is 10.7. The van der Waals surface area contributed by atoms with Gasteiger partial charge in [-0.05, 0) is 24.1 Å². The number of para-hydroxylation sites is 1. The van der Waals surface area contributed by atoms with Crippen molar-refractivity contribution in [2.24, 2.45) is 0 Å². The zero-order chi connectivity index (χ0) is 23.9. The van der Waals surface area contributed by atoms with Gasteiger partial charge in [0.25, 0.3) is 11.8 Å². The molecule has 0 unspecified atom stereocenters. The van der Waals surface area contributed by atoms with Gasteiger partial charge in [-0.15, -0.1) is 0 Å². The Kier molecular flexibility index (Phi) is 7.25. The van der Waals surface area contributed by atoms with Crippen LogP contribution in [0.5, 0.6) is 5.75 Å². The molecule has 1 heterocycles. The van der Waals surface area contributed by atoms with Crippen LogP contribution < -0.4 is 15.6 Å². The number of carbonyl (C=O) groups is 2. The number of halogens is 1. The van der Waals surface area contributed by atoms with Crippen LogP contribution >= 0.6 is 11.6 Å². The second-order valence-electron chi connectivity index (χ2n) is 7.55. The molecular weight excluding hydrogens is 452 g/mol. The Bertz CT molecular complexity index is 1290. The summed E-state index contributed by atoms with van der Waals surface area (Å²) in [7, 11) is 0. The van der Waals surface area contributed by atoms with Crippen molar-refractivity contribution in [3.8, 4) is 16.9 Å². The molecule has 0 aliphatic heterocycles. The number of amides is 2. The van der Waals surface area contributed by atoms with Crippen molar-refractivity contribution in [3.63, 3.8) is 0 Å². The van der Waals surface area contributed by atoms with Crippen molar-refractivity contribution >= 4 is 23.4 Å². The lowest BCUT2D eigenvalue weighted by atomic mass is 10.1. The lowest BCUT2D eigenvalue weighted by Crippen LogP contribution is -2.44. The van der Waals surface area contributed by atoms with Gasteiger partial charge in [0, 0.05) is 5.56 Å². The van der Waals surface area contributed by atoms with Crippen molar-refractivity contribution in [2.75, 3.05) is 6.61 Å². The minimum absolute atomic E-state index is 0.196. The van der Waals surface area contributed by atoms with Crippen molar-refractivity contribution in [1.29, 1.82) is 0 Å². The largest absolute Gasteiger partial charge is 0.483 e. The standard InChI is InChI=1S/C26H23ClN4O3/c1-18-24(25(27)31(30-18)16-19-10-4-2-5-11-19)26(33)29-28-23(32)17-34-22-15-9-8-14-21(22)20-12-6-3-7-13-20/h2-15H,16-17H2,1H3,(H,28,32)(H,29,33). The molecule has 2 N–H and O–H groups in total. The molecule has 172 valence electrons. The highest BCUT2D eigenvalue weighted by molar-refractivity contribution is 6.33. The maximum Gasteiger partial charge on any atom is 0.276 e. The van der Waals surface area contributed by atoms with E-state index in [4.69, 9.17) is 16.3 Å². The van der Waals surface area contributed by atoms with Crippen LogP contribution in [0.2, 0.25) is 5.15 Å². The van der Waals surface area contributed by atoms with Gasteiger partial charge >= 0.3 is 0 Å². The molecule has 2 amide bonds. The molecule has 0 fully saturated rings. The van der Waals surface area contributed by atoms with Crippen LogP contribution in [0, 0.1) is 6.92 Å². The molecule has 7 nitrogen and oxygen atoms in total. The summed E-state index contributed by atoms with van der Waals surface area (Å²) < 4.78 is 7.25. The number of aryl methyl sites for hydroxylation is 1. The van der Waals surface area contributed by atoms with Gasteiger partial charge in [0.15, 0.2) is 6.61 Å². The van der Waals surface area contributed by atoms with E-state index in [-0.39, 0.29) is 17.3 Å². The smallest absolute Gasteiger partial charge is 0.276 e. The summed E-state index contributed by atoms with van der Waals surface area (Å²) in [5.41, 5.74) is 8.25. The zero-order valence-electron chi connectivity index (χ0n) is 18.5. The van der Waals surface area contributed by atoms with E-state index >= 15 is 0 Å². The van der Waals surface area contributed by atoms with Gasteiger partial charge in [0.05, 0.1) is 12.2 Å². The number of nitrogens with one attached hydrogen (secondary N) is 2. The van der Waals surface area contributed by atoms with E-state index in [9.17, 15) is 9.59 Å². The van der Waals surface area contributed by atoms with Crippen LogP contribution in [0.3, 0.4) is 0 Å². The normalized spacial score (nSPS) is 10.5. The van der Waals surface area contributed by atoms with Gasteiger partial charge in [0.1, 0.15) is 16.5 Å². The second kappa shape index (κ2) is 10.7. The topological polar surface area (TPSA) is 85.3 Å². The third-order valence-electron chi connectivity index (χ3n) is 5.11. The van der Waals surface area contributed by atoms with E-state index in [0.29, 0.717) is 18.0 Å². The molecule has 0 saturated carbocycles. The molecule has 0 radical (unpaired) electrons. The van der Waals surface area contributed by atoms with Crippen LogP contribution in [0.4, 0.5) is 0 Å². The Labute approximate surface area is 202 Å². The monoisotopic (exact) mass is 474 g/mol. The van der Waals surface area contributed by atoms with E-state index in [0.717, 1.165) is 16.7 Å². The SMILES string of the molecule is Cc1nn(Cc2ccccc2)c(Cl)c1C(=O)NNC(=O)COc1ccccc1-c1ccccc1. The lowest BCUT2D eigenvalue weighted by molar-refractivity contribution is -0.123. The molecule has 0 spiro atoms. The van der Waals surface area contributed by atoms with Crippen molar-refractivity contribution in [3.05, 3.63) is 107 Å². The van der Waals surface area contributed by atoms with E-state index < -0.39 is 11.8 Å². The predicted octanol–water partition coefficient (Wildman–Crippen LogP) is 4.40. The van der Waals surface area contributed by atoms with Gasteiger partial charge < -0.3 is 4.74 Å². The molecule has 0 saturated heterocycles. The third kappa shape index (κ3) is 5.44. The maximum absolute atomic E-state index is 12.7. The average Bonchev–Trinajstić information content (AvgIpc) is 3.15. The van der Waals surface area contributed by atoms with Crippen LogP contribution in [0.1, 0.15) is 21.6 Å². The molecule has 8 heteroatoms. The number of ether oxygens (including phenoxy) is 1. The number of hydrogen-bond donors (Lipinski definition) is 2. The molecule has 0 aliphatic carbocycles. The number of carbonyl (C=O) groups excluding carboxylic acids is 2. The first kappa shape index (κ1) is 23.1. The van der Waals surface area contributed by atoms with Crippen molar-refractivity contribution in [1.82, 2.24) is 20.6 Å². The molecule has 4 aromatic rings. The van der Waals surface area contributed by atoms with Gasteiger partial charge in [-0.1, -0.05) is 90.5 Å². The quantitative estimate of drug-likeness (QED) is 0.389. The second-order valence-corrected chi connectivity index (χ2v) is 7.91. The Morgan fingerprint density at radius 3 is 2.29 bits per heavy atom. The minimum Gasteiger partial charge on any atom is -0.483 e. The number of hydrogen-bond acceptors (Lipinski definition) is 4. The number of nitrogens with zero attached hydrogens (tertiary/aromatic N) is 2. The van der Waals surface area contributed by atoms with E-state index in [1.54, 1.807) is 17.7 Å². The van der Waals surface area contributed by atoms with Gasteiger partial charge in [-0.3, -0.25) is 20.4 Å². The number of aromatic nitrogens is 2. The van der Waals surface area contributed by atoms with E-state index in [2.05, 4.69) is 16.0 Å². The van der Waals surface area contributed by atoms with E-state index in [1.165, 1.54) is 0 Å². The Balaban J connectivity index is 1.35. The van der Waals surface area contributed by atoms with Gasteiger partial charge in [0.2, 0.25) is 0 Å². The highest BCUT2D eigenvalue weighted by Crippen LogP contribution is 2.29. The minimum atomic E-state index is -0.556. The summed E-state index contributed by atoms with van der Waals surface area (Å²) >= 11 is 6.41. The van der Waals surface area contributed by atoms with Crippen molar-refractivity contribution in [2.45, 2.75) is 13.5 Å². The Morgan fingerprint density at radius 2 is 1.56 bits per heavy atom. The molecule has 0 atom stereocenters. The van der Waals surface area contributed by atoms with Crippen molar-refractivity contribution < 1.29 is 14.3 Å². The molecule has 0 bridgehead atoms. The highest BCUT2D eigenvalue weighted by atomic mass is 35.5. The fourth-order valence-corrected chi connectivity index (χ4v) is 3.81. The summed E-state index contributed by atoms with van der Waals surface area (Å²) in [6.07, 6.45) is 0. The molecule has 3 aromatic carbocycles. The molecule has 4 rings (SSSR count). The zero-order valence-corrected chi connectivity index (χ0v) is 19.3. The summed E-state index contributed by atoms with van der Waals surface area (Å²) in [5, 5.41) is 4.55. The molecule has 0 aliphatic rings. The lowest BCUT2D eigenvalue weighted by Gasteiger charge is -2.12. The fraction of sp³-hybridized carbons (Fsp3) is 0.115. The Hall–Kier alpha value is -4.10. The summed E-state index contributed by atoms with van der Waals surface area (Å²) in [6, 6.07) is 26.8. The predicted molar refractivity (Wildman–Crippen MR) is 130 cm³/mol. The highest BCUT2D eigenvalue weighted by Gasteiger charge is 2.21.